The van der Waals surface area contributed by atoms with E-state index in [9.17, 15) is 14.4 Å². The standard InChI is InChI=1S/C28H34N2O3S/c1-34-19-17-25(30-27(32)23-14-8-9-15-24(23)28(30)33)26(31)29-18-16-22(20-10-4-2-5-11-20)21-12-6-3-7-13-21/h2-7,10-13,22-25H,8-9,14-19H2,1H3,(H,29,31). The molecule has 1 aliphatic heterocycles. The van der Waals surface area contributed by atoms with Gasteiger partial charge in [-0.1, -0.05) is 73.5 Å². The van der Waals surface area contributed by atoms with Gasteiger partial charge in [0.1, 0.15) is 6.04 Å². The molecule has 3 amide bonds. The van der Waals surface area contributed by atoms with Gasteiger partial charge in [-0.25, -0.2) is 0 Å². The van der Waals surface area contributed by atoms with Gasteiger partial charge in [-0.3, -0.25) is 19.3 Å². The summed E-state index contributed by atoms with van der Waals surface area (Å²) in [6.45, 7) is 0.478. The van der Waals surface area contributed by atoms with E-state index in [-0.39, 0.29) is 35.5 Å². The van der Waals surface area contributed by atoms with Crippen LogP contribution in [0.4, 0.5) is 0 Å². The number of fused-ring (bicyclic) bond motifs is 1. The van der Waals surface area contributed by atoms with Gasteiger partial charge in [0, 0.05) is 12.5 Å². The Morgan fingerprint density at radius 1 is 0.912 bits per heavy atom. The molecule has 0 bridgehead atoms. The second-order valence-corrected chi connectivity index (χ2v) is 10.3. The van der Waals surface area contributed by atoms with Crippen LogP contribution in [0.25, 0.3) is 0 Å². The fourth-order valence-electron chi connectivity index (χ4n) is 5.46. The first-order chi connectivity index (χ1) is 16.6. The number of hydrogen-bond acceptors (Lipinski definition) is 4. The minimum Gasteiger partial charge on any atom is -0.354 e. The van der Waals surface area contributed by atoms with Gasteiger partial charge in [0.25, 0.3) is 0 Å². The van der Waals surface area contributed by atoms with Crippen molar-refractivity contribution in [3.8, 4) is 0 Å². The van der Waals surface area contributed by atoms with E-state index in [4.69, 9.17) is 0 Å². The van der Waals surface area contributed by atoms with Crippen LogP contribution in [-0.4, -0.2) is 47.2 Å². The second-order valence-electron chi connectivity index (χ2n) is 9.29. The SMILES string of the molecule is CSCCC(C(=O)NCCC(c1ccccc1)c1ccccc1)N1C(=O)C2CCCCC2C1=O. The highest BCUT2D eigenvalue weighted by Crippen LogP contribution is 2.39. The molecule has 6 heteroatoms. The molecule has 1 saturated carbocycles. The highest BCUT2D eigenvalue weighted by Gasteiger charge is 2.51. The lowest BCUT2D eigenvalue weighted by atomic mass is 9.81. The number of carbonyl (C=O) groups is 3. The summed E-state index contributed by atoms with van der Waals surface area (Å²) in [5.74, 6) is -0.0664. The molecule has 1 N–H and O–H groups in total. The Morgan fingerprint density at radius 2 is 1.44 bits per heavy atom. The molecule has 2 aromatic rings. The zero-order valence-electron chi connectivity index (χ0n) is 19.8. The number of amides is 3. The lowest BCUT2D eigenvalue weighted by Crippen LogP contribution is -2.50. The Bertz CT molecular complexity index is 918. The van der Waals surface area contributed by atoms with Crippen LogP contribution in [0.2, 0.25) is 0 Å². The van der Waals surface area contributed by atoms with Crippen molar-refractivity contribution in [2.75, 3.05) is 18.6 Å². The molecular formula is C28H34N2O3S. The van der Waals surface area contributed by atoms with Gasteiger partial charge in [0.05, 0.1) is 11.8 Å². The van der Waals surface area contributed by atoms with Gasteiger partial charge < -0.3 is 5.32 Å². The summed E-state index contributed by atoms with van der Waals surface area (Å²) in [6.07, 6.45) is 6.70. The maximum atomic E-state index is 13.3. The van der Waals surface area contributed by atoms with E-state index < -0.39 is 6.04 Å². The van der Waals surface area contributed by atoms with E-state index in [0.717, 1.165) is 37.9 Å². The van der Waals surface area contributed by atoms with Crippen LogP contribution in [0.5, 0.6) is 0 Å². The number of imide groups is 1. The van der Waals surface area contributed by atoms with Crippen molar-refractivity contribution in [2.24, 2.45) is 11.8 Å². The molecule has 0 radical (unpaired) electrons. The van der Waals surface area contributed by atoms with E-state index in [1.807, 2.05) is 42.7 Å². The highest BCUT2D eigenvalue weighted by atomic mass is 32.2. The predicted octanol–water partition coefficient (Wildman–Crippen LogP) is 4.62. The molecule has 2 aliphatic rings. The third kappa shape index (κ3) is 5.38. The predicted molar refractivity (Wildman–Crippen MR) is 136 cm³/mol. The zero-order chi connectivity index (χ0) is 23.9. The number of rotatable bonds is 10. The van der Waals surface area contributed by atoms with E-state index in [0.29, 0.717) is 13.0 Å². The van der Waals surface area contributed by atoms with E-state index in [1.54, 1.807) is 11.8 Å². The van der Waals surface area contributed by atoms with Crippen molar-refractivity contribution in [1.29, 1.82) is 0 Å². The monoisotopic (exact) mass is 478 g/mol. The molecule has 34 heavy (non-hydrogen) atoms. The number of thioether (sulfide) groups is 1. The smallest absolute Gasteiger partial charge is 0.243 e. The Kier molecular flexibility index (Phi) is 8.44. The first-order valence-electron chi connectivity index (χ1n) is 12.3. The van der Waals surface area contributed by atoms with Gasteiger partial charge in [-0.05, 0) is 48.8 Å². The third-order valence-electron chi connectivity index (χ3n) is 7.22. The fourth-order valence-corrected chi connectivity index (χ4v) is 5.92. The Balaban J connectivity index is 1.45. The summed E-state index contributed by atoms with van der Waals surface area (Å²) >= 11 is 1.63. The number of nitrogens with one attached hydrogen (secondary N) is 1. The molecule has 0 spiro atoms. The summed E-state index contributed by atoms with van der Waals surface area (Å²) < 4.78 is 0. The maximum absolute atomic E-state index is 13.3. The first kappa shape index (κ1) is 24.5. The minimum absolute atomic E-state index is 0.137. The average molecular weight is 479 g/mol. The average Bonchev–Trinajstić information content (AvgIpc) is 3.13. The molecule has 5 nitrogen and oxygen atoms in total. The molecule has 1 saturated heterocycles. The van der Waals surface area contributed by atoms with Crippen LogP contribution in [-0.2, 0) is 14.4 Å². The molecule has 3 atom stereocenters. The quantitative estimate of drug-likeness (QED) is 0.506. The van der Waals surface area contributed by atoms with Crippen molar-refractivity contribution in [3.63, 3.8) is 0 Å². The summed E-state index contributed by atoms with van der Waals surface area (Å²) in [5, 5.41) is 3.07. The van der Waals surface area contributed by atoms with Crippen molar-refractivity contribution in [2.45, 2.75) is 50.5 Å². The normalized spacial score (nSPS) is 20.9. The van der Waals surface area contributed by atoms with Crippen molar-refractivity contribution < 1.29 is 14.4 Å². The van der Waals surface area contributed by atoms with Crippen LogP contribution >= 0.6 is 11.8 Å². The van der Waals surface area contributed by atoms with Crippen molar-refractivity contribution in [1.82, 2.24) is 10.2 Å². The van der Waals surface area contributed by atoms with Crippen LogP contribution < -0.4 is 5.32 Å². The third-order valence-corrected chi connectivity index (χ3v) is 7.87. The van der Waals surface area contributed by atoms with E-state index in [2.05, 4.69) is 29.6 Å². The lowest BCUT2D eigenvalue weighted by molar-refractivity contribution is -0.148. The molecule has 4 rings (SSSR count). The fraction of sp³-hybridized carbons (Fsp3) is 0.464. The number of nitrogens with zero attached hydrogens (tertiary/aromatic N) is 1. The molecule has 0 aromatic heterocycles. The Labute approximate surface area is 206 Å². The number of carbonyl (C=O) groups excluding carboxylic acids is 3. The summed E-state index contributed by atoms with van der Waals surface area (Å²) in [5.41, 5.74) is 2.41. The zero-order valence-corrected chi connectivity index (χ0v) is 20.6. The molecule has 1 aliphatic carbocycles. The number of likely N-dealkylation sites (tertiary alicyclic amines) is 1. The summed E-state index contributed by atoms with van der Waals surface area (Å²) in [4.78, 5) is 40.9. The van der Waals surface area contributed by atoms with E-state index >= 15 is 0 Å². The van der Waals surface area contributed by atoms with Crippen LogP contribution in [0.3, 0.4) is 0 Å². The van der Waals surface area contributed by atoms with Crippen molar-refractivity contribution >= 4 is 29.5 Å². The highest BCUT2D eigenvalue weighted by molar-refractivity contribution is 7.98. The number of hydrogen-bond donors (Lipinski definition) is 1. The lowest BCUT2D eigenvalue weighted by Gasteiger charge is -2.26. The van der Waals surface area contributed by atoms with Crippen LogP contribution in [0, 0.1) is 11.8 Å². The largest absolute Gasteiger partial charge is 0.354 e. The first-order valence-corrected chi connectivity index (χ1v) is 13.7. The van der Waals surface area contributed by atoms with Gasteiger partial charge in [0.15, 0.2) is 0 Å². The molecule has 180 valence electrons. The van der Waals surface area contributed by atoms with Crippen molar-refractivity contribution in [3.05, 3.63) is 71.8 Å². The van der Waals surface area contributed by atoms with Gasteiger partial charge >= 0.3 is 0 Å². The molecule has 2 fully saturated rings. The molecule has 2 aromatic carbocycles. The summed E-state index contributed by atoms with van der Waals surface area (Å²) in [7, 11) is 0. The van der Waals surface area contributed by atoms with E-state index in [1.165, 1.54) is 16.0 Å². The Hall–Kier alpha value is -2.60. The number of benzene rings is 2. The molecule has 1 heterocycles. The maximum Gasteiger partial charge on any atom is 0.243 e. The minimum atomic E-state index is -0.718. The van der Waals surface area contributed by atoms with Gasteiger partial charge in [-0.2, -0.15) is 11.8 Å². The van der Waals surface area contributed by atoms with Gasteiger partial charge in [0.2, 0.25) is 17.7 Å². The molecule has 3 unspecified atom stereocenters. The topological polar surface area (TPSA) is 66.5 Å². The van der Waals surface area contributed by atoms with Gasteiger partial charge in [-0.15, -0.1) is 0 Å². The second kappa shape index (κ2) is 11.7. The summed E-state index contributed by atoms with van der Waals surface area (Å²) in [6, 6.07) is 19.9. The van der Waals surface area contributed by atoms with Crippen LogP contribution in [0.1, 0.15) is 55.6 Å². The Morgan fingerprint density at radius 3 is 1.94 bits per heavy atom. The molecular weight excluding hydrogens is 444 g/mol. The van der Waals surface area contributed by atoms with Crippen LogP contribution in [0.15, 0.2) is 60.7 Å².